The van der Waals surface area contributed by atoms with E-state index in [1.807, 2.05) is 0 Å². The first kappa shape index (κ1) is 54.0. The third-order valence-electron chi connectivity index (χ3n) is 9.86. The van der Waals surface area contributed by atoms with Gasteiger partial charge in [-0.15, -0.1) is 0 Å². The van der Waals surface area contributed by atoms with Gasteiger partial charge in [-0.3, -0.25) is 14.4 Å². The highest BCUT2D eigenvalue weighted by molar-refractivity contribution is 6.34. The summed E-state index contributed by atoms with van der Waals surface area (Å²) in [6.45, 7) is 4.26. The van der Waals surface area contributed by atoms with Crippen LogP contribution in [0.4, 0.5) is 0 Å². The van der Waals surface area contributed by atoms with E-state index in [0.717, 1.165) is 21.9 Å². The molecule has 0 atom stereocenters. The number of esters is 2. The topological polar surface area (TPSA) is 266 Å². The largest absolute Gasteiger partial charge is 0.506 e. The van der Waals surface area contributed by atoms with Crippen LogP contribution in [0, 0.1) is 11.3 Å². The van der Waals surface area contributed by atoms with E-state index in [2.05, 4.69) is 26.7 Å². The van der Waals surface area contributed by atoms with E-state index >= 15 is 0 Å². The number of benzene rings is 4. The Labute approximate surface area is 418 Å². The molecule has 4 heterocycles. The number of nitrogens with zero attached hydrogens (tertiary/aromatic N) is 5. The molecule has 4 aromatic heterocycles. The van der Waals surface area contributed by atoms with Gasteiger partial charge in [0.2, 0.25) is 0 Å². The van der Waals surface area contributed by atoms with Crippen LogP contribution in [0.2, 0.25) is 20.1 Å². The molecule has 70 heavy (non-hydrogen) atoms. The summed E-state index contributed by atoms with van der Waals surface area (Å²) in [5.41, 5.74) is 4.83. The van der Waals surface area contributed by atoms with Crippen molar-refractivity contribution in [1.29, 1.82) is 5.26 Å². The van der Waals surface area contributed by atoms with Crippen LogP contribution in [0.3, 0.4) is 0 Å². The van der Waals surface area contributed by atoms with Crippen LogP contribution in [0.15, 0.2) is 66.6 Å². The summed E-state index contributed by atoms with van der Waals surface area (Å²) >= 11 is 23.9. The minimum absolute atomic E-state index is 0.00524. The first-order valence-electron chi connectivity index (χ1n) is 21.2. The summed E-state index contributed by atoms with van der Waals surface area (Å²) in [5, 5.41) is 46.8. The van der Waals surface area contributed by atoms with E-state index in [9.17, 15) is 19.5 Å². The lowest BCUT2D eigenvalue weighted by molar-refractivity contribution is -0.144. The predicted octanol–water partition coefficient (Wildman–Crippen LogP) is 11.1. The van der Waals surface area contributed by atoms with E-state index in [1.54, 1.807) is 63.4 Å². The first-order chi connectivity index (χ1) is 33.6. The molecule has 0 amide bonds. The first-order valence-corrected chi connectivity index (χ1v) is 22.7. The number of aryl methyl sites for hydroxylation is 4. The maximum absolute atomic E-state index is 11.3. The molecule has 0 aliphatic carbocycles. The molecule has 370 valence electrons. The number of nitriles is 1. The van der Waals surface area contributed by atoms with Crippen molar-refractivity contribution >= 4 is 108 Å². The van der Waals surface area contributed by atoms with Crippen LogP contribution in [-0.4, -0.2) is 83.3 Å². The number of phenols is 1. The molecule has 2 N–H and O–H groups in total. The van der Waals surface area contributed by atoms with E-state index < -0.39 is 5.97 Å². The number of phenolic OH excluding ortho intramolecular Hbond substituents is 1. The van der Waals surface area contributed by atoms with Gasteiger partial charge in [0.05, 0.1) is 103 Å². The van der Waals surface area contributed by atoms with Gasteiger partial charge in [-0.1, -0.05) is 67.0 Å². The van der Waals surface area contributed by atoms with Crippen molar-refractivity contribution < 1.29 is 66.4 Å². The summed E-state index contributed by atoms with van der Waals surface area (Å²) in [6, 6.07) is 15.2. The van der Waals surface area contributed by atoms with Crippen LogP contribution < -0.4 is 14.2 Å². The van der Waals surface area contributed by atoms with Gasteiger partial charge in [0, 0.05) is 77.9 Å². The monoisotopic (exact) mass is 1040 g/mol. The molecule has 0 saturated heterocycles. The molecule has 0 radical (unpaired) electrons. The van der Waals surface area contributed by atoms with E-state index in [1.165, 1.54) is 20.3 Å². The average Bonchev–Trinajstić information content (AvgIpc) is 4.14. The molecule has 0 fully saturated rings. The summed E-state index contributed by atoms with van der Waals surface area (Å²) in [4.78, 5) is 33.1. The summed E-state index contributed by atoms with van der Waals surface area (Å²) in [7, 11) is 4.58. The zero-order valence-electron chi connectivity index (χ0n) is 38.2. The minimum Gasteiger partial charge on any atom is -0.506 e. The van der Waals surface area contributed by atoms with Crippen LogP contribution in [-0.2, 0) is 49.5 Å². The maximum Gasteiger partial charge on any atom is 0.306 e. The molecule has 0 aliphatic rings. The zero-order chi connectivity index (χ0) is 50.9. The smallest absolute Gasteiger partial charge is 0.306 e. The molecule has 19 nitrogen and oxygen atoms in total. The number of hydrogen-bond acceptors (Lipinski definition) is 18. The number of hydrogen-bond donors (Lipinski definition) is 2. The summed E-state index contributed by atoms with van der Waals surface area (Å²) in [5.74, 6) is 0.120. The lowest BCUT2D eigenvalue weighted by Gasteiger charge is -2.02. The summed E-state index contributed by atoms with van der Waals surface area (Å²) < 4.78 is 45.4. The number of aromatic hydroxyl groups is 1. The summed E-state index contributed by atoms with van der Waals surface area (Å²) in [6.07, 6.45) is 2.64. The van der Waals surface area contributed by atoms with Crippen molar-refractivity contribution in [1.82, 2.24) is 20.6 Å². The van der Waals surface area contributed by atoms with Gasteiger partial charge in [-0.05, 0) is 38.1 Å². The Morgan fingerprint density at radius 1 is 0.543 bits per heavy atom. The normalized spacial score (nSPS) is 10.6. The Hall–Kier alpha value is -6.98. The number of methoxy groups -OCH3 is 3. The number of carbonyl (C=O) groups is 3. The van der Waals surface area contributed by atoms with Gasteiger partial charge < -0.3 is 52.0 Å². The predicted molar refractivity (Wildman–Crippen MR) is 257 cm³/mol. The van der Waals surface area contributed by atoms with E-state index in [4.69, 9.17) is 98.5 Å². The Morgan fingerprint density at radius 3 is 1.20 bits per heavy atom. The molecule has 0 aliphatic heterocycles. The van der Waals surface area contributed by atoms with Crippen molar-refractivity contribution in [3.05, 3.63) is 91.4 Å². The molecule has 8 aromatic rings. The highest BCUT2D eigenvalue weighted by Crippen LogP contribution is 2.35. The molecule has 4 aromatic carbocycles. The fourth-order valence-corrected chi connectivity index (χ4v) is 7.35. The van der Waals surface area contributed by atoms with Gasteiger partial charge in [-0.2, -0.15) is 5.26 Å². The number of carboxylic acid groups (broad SMARTS) is 1. The molecule has 0 bridgehead atoms. The molecule has 23 heteroatoms. The van der Waals surface area contributed by atoms with Gasteiger partial charge in [0.1, 0.15) is 23.0 Å². The van der Waals surface area contributed by atoms with Gasteiger partial charge in [-0.25, -0.2) is 0 Å². The van der Waals surface area contributed by atoms with Crippen molar-refractivity contribution in [3.63, 3.8) is 0 Å². The van der Waals surface area contributed by atoms with Crippen molar-refractivity contribution in [2.75, 3.05) is 34.5 Å². The van der Waals surface area contributed by atoms with E-state index in [-0.39, 0.29) is 42.0 Å². The highest BCUT2D eigenvalue weighted by atomic mass is 35.5. The van der Waals surface area contributed by atoms with Gasteiger partial charge in [0.25, 0.3) is 0 Å². The quantitative estimate of drug-likeness (QED) is 0.0852. The van der Waals surface area contributed by atoms with Crippen LogP contribution in [0.1, 0.15) is 62.3 Å². The molecule has 0 unspecified atom stereocenters. The lowest BCUT2D eigenvalue weighted by atomic mass is 10.1. The third-order valence-corrected chi connectivity index (χ3v) is 11.1. The fourth-order valence-electron chi connectivity index (χ4n) is 6.46. The Balaban J connectivity index is 0.000000174. The standard InChI is InChI=1S/C13H14ClNO4.C12H12ClNO4.C11H9ClN2O2.C11H10ClNO4/c1-3-18-13(16)5-4-10-8-6-9(14)12(17-2)7-11(8)19-15-10;1-2-17-12(16)4-3-9-7-5-8(13)10(15)6-11(7)18-14-9;1-15-11-6-10-7(5-8(11)12)9(14-16-10)3-2-4-13;1-16-10-5-9-6(4-7(10)12)8(13-17-9)2-3-11(14)15/h6-7H,3-5H2,1-2H3;5-6,15H,2-4H2,1H3;5-6H,2-3H2,1H3;4-5H,2-3H2,1H3,(H,14,15). The number of aromatic nitrogens is 4. The number of halogens is 4. The number of ether oxygens (including phenoxy) is 5. The van der Waals surface area contributed by atoms with Crippen molar-refractivity contribution in [2.45, 2.75) is 65.2 Å². The molecule has 8 rings (SSSR count). The minimum atomic E-state index is -0.874. The molecular weight excluding hydrogens is 1000 g/mol. The van der Waals surface area contributed by atoms with Gasteiger partial charge >= 0.3 is 17.9 Å². The number of aliphatic carboxylic acids is 1. The van der Waals surface area contributed by atoms with Crippen molar-refractivity contribution in [3.8, 4) is 29.1 Å². The van der Waals surface area contributed by atoms with Gasteiger partial charge in [0.15, 0.2) is 22.3 Å². The average molecular weight is 1050 g/mol. The Bertz CT molecular complexity index is 3120. The second-order valence-corrected chi connectivity index (χ2v) is 16.1. The fraction of sp³-hybridized carbons (Fsp3) is 0.319. The zero-order valence-corrected chi connectivity index (χ0v) is 41.3. The van der Waals surface area contributed by atoms with Crippen molar-refractivity contribution in [2.24, 2.45) is 0 Å². The van der Waals surface area contributed by atoms with Crippen LogP contribution in [0.5, 0.6) is 23.0 Å². The Morgan fingerprint density at radius 2 is 0.871 bits per heavy atom. The highest BCUT2D eigenvalue weighted by Gasteiger charge is 2.17. The number of carbonyl (C=O) groups excluding carboxylic acids is 2. The maximum atomic E-state index is 11.3. The molecule has 0 spiro atoms. The second kappa shape index (κ2) is 26.1. The SMILES string of the molecule is CCOC(=O)CCc1noc2cc(O)c(Cl)cc12.CCOC(=O)CCc1noc2cc(OC)c(Cl)cc12.COc1cc2onc(CCC#N)c2cc1Cl.COc1cc2onc(CCC(=O)O)c2cc1Cl. The van der Waals surface area contributed by atoms with Crippen LogP contribution >= 0.6 is 46.4 Å². The number of fused-ring (bicyclic) bond motifs is 4. The lowest BCUT2D eigenvalue weighted by Crippen LogP contribution is -2.05. The third kappa shape index (κ3) is 14.3. The van der Waals surface area contributed by atoms with Crippen LogP contribution in [0.25, 0.3) is 43.9 Å². The second-order valence-electron chi connectivity index (χ2n) is 14.4. The molecule has 0 saturated carbocycles. The number of rotatable bonds is 16. The van der Waals surface area contributed by atoms with E-state index in [0.29, 0.717) is 122 Å². The Kier molecular flexibility index (Phi) is 20.1. The number of carboxylic acids is 1. The molecular formula is C47H45Cl4N5O14.